The van der Waals surface area contributed by atoms with Crippen molar-refractivity contribution >= 4 is 35.4 Å². The molecule has 0 saturated heterocycles. The van der Waals surface area contributed by atoms with Crippen molar-refractivity contribution in [1.82, 2.24) is 14.3 Å². The topological polar surface area (TPSA) is 56.3 Å². The highest BCUT2D eigenvalue weighted by Crippen LogP contribution is 2.19. The van der Waals surface area contributed by atoms with Gasteiger partial charge in [-0.25, -0.2) is 0 Å². The summed E-state index contributed by atoms with van der Waals surface area (Å²) in [6.45, 7) is 1.82. The molecule has 2 heterocycles. The van der Waals surface area contributed by atoms with Crippen molar-refractivity contribution in [1.29, 1.82) is 0 Å². The van der Waals surface area contributed by atoms with Crippen LogP contribution in [0, 0.1) is 4.77 Å². The first kappa shape index (κ1) is 18.1. The van der Waals surface area contributed by atoms with Crippen LogP contribution in [0.4, 0.5) is 5.69 Å². The number of para-hydroxylation sites is 1. The molecule has 1 atom stereocenters. The van der Waals surface area contributed by atoms with E-state index in [2.05, 4.69) is 15.0 Å². The Bertz CT molecular complexity index is 816. The van der Waals surface area contributed by atoms with Crippen molar-refractivity contribution < 1.29 is 9.69 Å². The van der Waals surface area contributed by atoms with Gasteiger partial charge in [-0.2, -0.15) is 9.78 Å². The number of amides is 1. The van der Waals surface area contributed by atoms with Gasteiger partial charge in [0.2, 0.25) is 4.77 Å². The Morgan fingerprint density at radius 2 is 2.16 bits per heavy atom. The number of nitrogens with zero attached hydrogens (tertiary/aromatic N) is 3. The lowest BCUT2D eigenvalue weighted by molar-refractivity contribution is -0.895. The number of halogens is 1. The molecule has 0 saturated carbocycles. The summed E-state index contributed by atoms with van der Waals surface area (Å²) in [6.07, 6.45) is 4.51. The van der Waals surface area contributed by atoms with Crippen LogP contribution in [0.15, 0.2) is 24.3 Å². The largest absolute Gasteiger partial charge is 0.320 e. The minimum atomic E-state index is -0.0853. The summed E-state index contributed by atoms with van der Waals surface area (Å²) in [7, 11) is 1.96. The van der Waals surface area contributed by atoms with Crippen molar-refractivity contribution in [2.45, 2.75) is 38.9 Å². The van der Waals surface area contributed by atoms with Gasteiger partial charge in [-0.05, 0) is 37.2 Å². The Kier molecular flexibility index (Phi) is 5.88. The SMILES string of the molecule is C[NH+](CC(=O)Nc1ccccc1Cl)Cn1nc2n(c1=S)CCCCC2. The molecule has 8 heteroatoms. The lowest BCUT2D eigenvalue weighted by Crippen LogP contribution is -3.09. The molecule has 1 aliphatic rings. The zero-order valence-corrected chi connectivity index (χ0v) is 15.9. The molecule has 1 amide bonds. The van der Waals surface area contributed by atoms with Gasteiger partial charge in [0.25, 0.3) is 5.91 Å². The number of fused-ring (bicyclic) bond motifs is 1. The molecule has 0 radical (unpaired) electrons. The predicted molar refractivity (Wildman–Crippen MR) is 100 cm³/mol. The van der Waals surface area contributed by atoms with E-state index in [-0.39, 0.29) is 5.91 Å². The number of aromatic nitrogens is 3. The number of benzene rings is 1. The quantitative estimate of drug-likeness (QED) is 0.779. The second-order valence-electron chi connectivity index (χ2n) is 6.48. The average molecular weight is 381 g/mol. The minimum absolute atomic E-state index is 0.0853. The number of carbonyl (C=O) groups is 1. The summed E-state index contributed by atoms with van der Waals surface area (Å²) >= 11 is 11.6. The lowest BCUT2D eigenvalue weighted by atomic mass is 10.2. The van der Waals surface area contributed by atoms with Crippen molar-refractivity contribution in [2.75, 3.05) is 18.9 Å². The minimum Gasteiger partial charge on any atom is -0.320 e. The molecule has 0 spiro atoms. The fourth-order valence-corrected chi connectivity index (χ4v) is 3.56. The smallest absolute Gasteiger partial charge is 0.279 e. The third-order valence-electron chi connectivity index (χ3n) is 4.31. The first-order valence-electron chi connectivity index (χ1n) is 8.57. The molecule has 25 heavy (non-hydrogen) atoms. The normalized spacial score (nSPS) is 15.3. The van der Waals surface area contributed by atoms with E-state index in [0.717, 1.165) is 41.3 Å². The third-order valence-corrected chi connectivity index (χ3v) is 5.07. The summed E-state index contributed by atoms with van der Waals surface area (Å²) < 4.78 is 4.73. The van der Waals surface area contributed by atoms with Crippen molar-refractivity contribution in [3.05, 3.63) is 39.9 Å². The van der Waals surface area contributed by atoms with Crippen LogP contribution in [0.25, 0.3) is 0 Å². The third kappa shape index (κ3) is 4.48. The molecule has 6 nitrogen and oxygen atoms in total. The molecule has 1 unspecified atom stereocenters. The van der Waals surface area contributed by atoms with E-state index in [0.29, 0.717) is 23.9 Å². The molecule has 0 bridgehead atoms. The fourth-order valence-electron chi connectivity index (χ4n) is 3.07. The van der Waals surface area contributed by atoms with Gasteiger partial charge >= 0.3 is 0 Å². The number of carbonyl (C=O) groups excluding carboxylic acids is 1. The molecule has 2 aromatic rings. The Labute approximate surface area is 157 Å². The number of anilines is 1. The molecule has 1 aliphatic heterocycles. The first-order valence-corrected chi connectivity index (χ1v) is 9.35. The second kappa shape index (κ2) is 8.12. The van der Waals surface area contributed by atoms with Gasteiger partial charge in [-0.3, -0.25) is 4.79 Å². The Hall–Kier alpha value is -1.70. The zero-order chi connectivity index (χ0) is 17.8. The van der Waals surface area contributed by atoms with Crippen LogP contribution >= 0.6 is 23.8 Å². The molecular weight excluding hydrogens is 358 g/mol. The fraction of sp³-hybridized carbons (Fsp3) is 0.471. The highest BCUT2D eigenvalue weighted by Gasteiger charge is 2.17. The maximum Gasteiger partial charge on any atom is 0.279 e. The van der Waals surface area contributed by atoms with Crippen LogP contribution in [0.1, 0.15) is 25.1 Å². The summed E-state index contributed by atoms with van der Waals surface area (Å²) in [5.74, 6) is 0.980. The Morgan fingerprint density at radius 3 is 2.96 bits per heavy atom. The molecular formula is C17H23ClN5OS+. The van der Waals surface area contributed by atoms with Gasteiger partial charge in [0.05, 0.1) is 17.8 Å². The summed E-state index contributed by atoms with van der Waals surface area (Å²) in [5.41, 5.74) is 0.632. The van der Waals surface area contributed by atoms with Crippen molar-refractivity contribution in [2.24, 2.45) is 0 Å². The van der Waals surface area contributed by atoms with Gasteiger partial charge < -0.3 is 14.8 Å². The van der Waals surface area contributed by atoms with Crippen LogP contribution < -0.4 is 10.2 Å². The predicted octanol–water partition coefficient (Wildman–Crippen LogP) is 1.90. The van der Waals surface area contributed by atoms with Crippen LogP contribution in [-0.2, 0) is 24.4 Å². The number of quaternary nitrogens is 1. The van der Waals surface area contributed by atoms with Crippen LogP contribution in [0.3, 0.4) is 0 Å². The van der Waals surface area contributed by atoms with E-state index in [1.807, 2.05) is 23.9 Å². The molecule has 1 aromatic carbocycles. The van der Waals surface area contributed by atoms with Gasteiger partial charge in [0, 0.05) is 13.0 Å². The standard InChI is InChI=1S/C17H22ClN5OS/c1-21(11-16(24)19-14-8-5-4-7-13(14)18)12-23-17(25)22-10-6-2-3-9-15(22)20-23/h4-5,7-8H,2-3,6,9-12H2,1H3,(H,19,24)/p+1. The summed E-state index contributed by atoms with van der Waals surface area (Å²) in [6, 6.07) is 7.22. The van der Waals surface area contributed by atoms with E-state index in [9.17, 15) is 4.79 Å². The monoisotopic (exact) mass is 380 g/mol. The highest BCUT2D eigenvalue weighted by atomic mass is 35.5. The maximum atomic E-state index is 12.2. The number of nitrogens with one attached hydrogen (secondary N) is 2. The number of hydrogen-bond donors (Lipinski definition) is 2. The van der Waals surface area contributed by atoms with Crippen molar-refractivity contribution in [3.63, 3.8) is 0 Å². The molecule has 0 aliphatic carbocycles. The highest BCUT2D eigenvalue weighted by molar-refractivity contribution is 7.71. The number of aryl methyl sites for hydroxylation is 1. The molecule has 0 fully saturated rings. The first-order chi connectivity index (χ1) is 12.0. The van der Waals surface area contributed by atoms with E-state index in [4.69, 9.17) is 23.8 Å². The van der Waals surface area contributed by atoms with Gasteiger partial charge in [0.15, 0.2) is 13.2 Å². The van der Waals surface area contributed by atoms with E-state index in [1.54, 1.807) is 12.1 Å². The van der Waals surface area contributed by atoms with Gasteiger partial charge in [0.1, 0.15) is 5.82 Å². The van der Waals surface area contributed by atoms with E-state index >= 15 is 0 Å². The Morgan fingerprint density at radius 1 is 1.36 bits per heavy atom. The molecule has 3 rings (SSSR count). The van der Waals surface area contributed by atoms with Crippen LogP contribution in [0.2, 0.25) is 5.02 Å². The number of hydrogen-bond acceptors (Lipinski definition) is 3. The number of rotatable bonds is 5. The van der Waals surface area contributed by atoms with Crippen molar-refractivity contribution in [3.8, 4) is 0 Å². The second-order valence-corrected chi connectivity index (χ2v) is 7.25. The lowest BCUT2D eigenvalue weighted by Gasteiger charge is -2.14. The van der Waals surface area contributed by atoms with Crippen LogP contribution in [-0.4, -0.2) is 33.8 Å². The van der Waals surface area contributed by atoms with Gasteiger partial charge in [-0.15, -0.1) is 0 Å². The van der Waals surface area contributed by atoms with Gasteiger partial charge in [-0.1, -0.05) is 30.2 Å². The maximum absolute atomic E-state index is 12.2. The van der Waals surface area contributed by atoms with E-state index in [1.165, 1.54) is 6.42 Å². The molecule has 134 valence electrons. The summed E-state index contributed by atoms with van der Waals surface area (Å²) in [4.78, 5) is 13.2. The zero-order valence-electron chi connectivity index (χ0n) is 14.3. The Balaban J connectivity index is 1.61. The molecule has 2 N–H and O–H groups in total. The summed E-state index contributed by atoms with van der Waals surface area (Å²) in [5, 5.41) is 8.04. The molecule has 1 aromatic heterocycles. The number of likely N-dealkylation sites (N-methyl/N-ethyl adjacent to an activating group) is 1. The van der Waals surface area contributed by atoms with E-state index < -0.39 is 0 Å². The van der Waals surface area contributed by atoms with Crippen LogP contribution in [0.5, 0.6) is 0 Å². The average Bonchev–Trinajstić information content (AvgIpc) is 2.75.